The summed E-state index contributed by atoms with van der Waals surface area (Å²) in [6.45, 7) is 0. The maximum Gasteiger partial charge on any atom is 0.269 e. The predicted octanol–water partition coefficient (Wildman–Crippen LogP) is 5.05. The Bertz CT molecular complexity index is 997. The van der Waals surface area contributed by atoms with Gasteiger partial charge in [-0.15, -0.1) is 10.2 Å². The highest BCUT2D eigenvalue weighted by atomic mass is 16.6. The molecule has 1 heterocycles. The van der Waals surface area contributed by atoms with Crippen LogP contribution in [0.4, 0.5) is 17.2 Å². The lowest BCUT2D eigenvalue weighted by Gasteiger charge is -2.23. The third kappa shape index (κ3) is 4.34. The molecule has 7 nitrogen and oxygen atoms in total. The van der Waals surface area contributed by atoms with Crippen LogP contribution in [0.1, 0.15) is 32.1 Å². The molecule has 0 saturated heterocycles. The molecular formula is C22H23N5O2. The van der Waals surface area contributed by atoms with Gasteiger partial charge >= 0.3 is 0 Å². The van der Waals surface area contributed by atoms with Crippen molar-refractivity contribution in [2.45, 2.75) is 38.1 Å². The van der Waals surface area contributed by atoms with Crippen molar-refractivity contribution in [1.82, 2.24) is 10.2 Å². The van der Waals surface area contributed by atoms with Crippen molar-refractivity contribution >= 4 is 17.2 Å². The molecule has 7 heteroatoms. The zero-order valence-electron chi connectivity index (χ0n) is 16.0. The normalized spacial score (nSPS) is 14.5. The van der Waals surface area contributed by atoms with Crippen molar-refractivity contribution in [2.24, 2.45) is 0 Å². The fourth-order valence-corrected chi connectivity index (χ4v) is 3.76. The molecule has 148 valence electrons. The summed E-state index contributed by atoms with van der Waals surface area (Å²) in [5.74, 6) is 0.745. The Morgan fingerprint density at radius 1 is 0.931 bits per heavy atom. The van der Waals surface area contributed by atoms with Crippen LogP contribution in [0, 0.1) is 10.1 Å². The number of rotatable bonds is 5. The Morgan fingerprint density at radius 2 is 1.59 bits per heavy atom. The second kappa shape index (κ2) is 8.26. The Kier molecular flexibility index (Phi) is 5.37. The number of non-ortho nitro benzene ring substituents is 1. The van der Waals surface area contributed by atoms with Crippen LogP contribution in [-0.4, -0.2) is 21.2 Å². The van der Waals surface area contributed by atoms with E-state index in [2.05, 4.69) is 15.5 Å². The molecule has 0 unspecified atom stereocenters. The molecule has 4 rings (SSSR count). The maximum absolute atomic E-state index is 11.0. The third-order valence-corrected chi connectivity index (χ3v) is 5.32. The molecule has 2 aromatic carbocycles. The van der Waals surface area contributed by atoms with Crippen LogP contribution in [0.5, 0.6) is 0 Å². The highest BCUT2D eigenvalue weighted by Gasteiger charge is 2.17. The van der Waals surface area contributed by atoms with Gasteiger partial charge in [-0.2, -0.15) is 0 Å². The first kappa shape index (κ1) is 18.9. The van der Waals surface area contributed by atoms with E-state index in [0.29, 0.717) is 17.4 Å². The van der Waals surface area contributed by atoms with Crippen LogP contribution in [0.3, 0.4) is 0 Å². The first-order valence-corrected chi connectivity index (χ1v) is 9.85. The van der Waals surface area contributed by atoms with Gasteiger partial charge in [0, 0.05) is 35.0 Å². The number of hydrogen-bond donors (Lipinski definition) is 2. The van der Waals surface area contributed by atoms with Gasteiger partial charge in [0.1, 0.15) is 11.5 Å². The average molecular weight is 389 g/mol. The largest absolute Gasteiger partial charge is 0.399 e. The highest BCUT2D eigenvalue weighted by molar-refractivity contribution is 5.82. The molecule has 0 amide bonds. The molecule has 0 bridgehead atoms. The van der Waals surface area contributed by atoms with E-state index < -0.39 is 4.92 Å². The lowest BCUT2D eigenvalue weighted by atomic mass is 9.95. The molecule has 0 spiro atoms. The van der Waals surface area contributed by atoms with Gasteiger partial charge in [0.05, 0.1) is 4.92 Å². The second-order valence-electron chi connectivity index (χ2n) is 7.40. The summed E-state index contributed by atoms with van der Waals surface area (Å²) in [5, 5.41) is 23.3. The minimum Gasteiger partial charge on any atom is -0.399 e. The van der Waals surface area contributed by atoms with Gasteiger partial charge in [-0.3, -0.25) is 10.1 Å². The molecule has 1 aliphatic carbocycles. The van der Waals surface area contributed by atoms with E-state index in [1.807, 2.05) is 30.3 Å². The Balaban J connectivity index is 1.73. The lowest BCUT2D eigenvalue weighted by molar-refractivity contribution is -0.384. The van der Waals surface area contributed by atoms with Crippen LogP contribution in [0.2, 0.25) is 0 Å². The van der Waals surface area contributed by atoms with E-state index in [0.717, 1.165) is 35.3 Å². The average Bonchev–Trinajstić information content (AvgIpc) is 2.75. The fourth-order valence-electron chi connectivity index (χ4n) is 3.76. The van der Waals surface area contributed by atoms with Crippen LogP contribution in [-0.2, 0) is 0 Å². The monoisotopic (exact) mass is 389 g/mol. The van der Waals surface area contributed by atoms with Gasteiger partial charge < -0.3 is 11.1 Å². The zero-order valence-corrected chi connectivity index (χ0v) is 16.0. The number of nitrogens with one attached hydrogen (secondary N) is 1. The quantitative estimate of drug-likeness (QED) is 0.359. The summed E-state index contributed by atoms with van der Waals surface area (Å²) in [5.41, 5.74) is 9.92. The summed E-state index contributed by atoms with van der Waals surface area (Å²) < 4.78 is 0. The lowest BCUT2D eigenvalue weighted by Crippen LogP contribution is -2.23. The minimum atomic E-state index is -0.409. The van der Waals surface area contributed by atoms with Gasteiger partial charge in [-0.05, 0) is 48.7 Å². The van der Waals surface area contributed by atoms with Gasteiger partial charge in [0.2, 0.25) is 0 Å². The van der Waals surface area contributed by atoms with E-state index in [4.69, 9.17) is 5.73 Å². The van der Waals surface area contributed by atoms with Crippen molar-refractivity contribution in [3.05, 3.63) is 64.7 Å². The number of aromatic nitrogens is 2. The number of nitro groups is 1. The molecule has 0 atom stereocenters. The molecule has 3 N–H and O–H groups in total. The van der Waals surface area contributed by atoms with Crippen LogP contribution >= 0.6 is 0 Å². The fraction of sp³-hybridized carbons (Fsp3) is 0.273. The number of hydrogen-bond acceptors (Lipinski definition) is 6. The molecule has 1 saturated carbocycles. The van der Waals surface area contributed by atoms with Gasteiger partial charge in [-0.1, -0.05) is 31.4 Å². The predicted molar refractivity (Wildman–Crippen MR) is 114 cm³/mol. The van der Waals surface area contributed by atoms with Gasteiger partial charge in [0.25, 0.3) is 5.69 Å². The van der Waals surface area contributed by atoms with Crippen molar-refractivity contribution in [2.75, 3.05) is 11.1 Å². The zero-order chi connectivity index (χ0) is 20.2. The summed E-state index contributed by atoms with van der Waals surface area (Å²) in [6.07, 6.45) is 6.04. The molecule has 3 aromatic rings. The Morgan fingerprint density at radius 3 is 2.24 bits per heavy atom. The molecule has 0 radical (unpaired) electrons. The van der Waals surface area contributed by atoms with Crippen molar-refractivity contribution in [3.8, 4) is 22.4 Å². The number of nitrogen functional groups attached to an aromatic ring is 1. The van der Waals surface area contributed by atoms with Gasteiger partial charge in [0.15, 0.2) is 0 Å². The summed E-state index contributed by atoms with van der Waals surface area (Å²) in [4.78, 5) is 10.6. The van der Waals surface area contributed by atoms with Gasteiger partial charge in [-0.25, -0.2) is 0 Å². The standard InChI is InChI=1S/C22H23N5O2/c23-17-10-6-15(7-11-17)20-14-21(24-18-4-2-1-3-5-18)25-26-22(20)16-8-12-19(13-9-16)27(28)29/h6-14,18H,1-5,23H2,(H,24,25). The molecule has 1 aliphatic rings. The maximum atomic E-state index is 11.0. The van der Waals surface area contributed by atoms with Crippen molar-refractivity contribution < 1.29 is 4.92 Å². The van der Waals surface area contributed by atoms with Crippen molar-refractivity contribution in [3.63, 3.8) is 0 Å². The van der Waals surface area contributed by atoms with E-state index in [-0.39, 0.29) is 5.69 Å². The van der Waals surface area contributed by atoms with E-state index in [1.54, 1.807) is 12.1 Å². The number of nitro benzene ring substituents is 1. The molecule has 0 aliphatic heterocycles. The first-order chi connectivity index (χ1) is 14.1. The smallest absolute Gasteiger partial charge is 0.269 e. The second-order valence-corrected chi connectivity index (χ2v) is 7.40. The van der Waals surface area contributed by atoms with Crippen molar-refractivity contribution in [1.29, 1.82) is 0 Å². The number of benzene rings is 2. The van der Waals surface area contributed by atoms with Crippen LogP contribution in [0.25, 0.3) is 22.4 Å². The number of anilines is 2. The molecule has 1 fully saturated rings. The summed E-state index contributed by atoms with van der Waals surface area (Å²) in [6, 6.07) is 16.4. The van der Waals surface area contributed by atoms with Crippen LogP contribution in [0.15, 0.2) is 54.6 Å². The van der Waals surface area contributed by atoms with E-state index in [9.17, 15) is 10.1 Å². The molecule has 1 aromatic heterocycles. The molecule has 29 heavy (non-hydrogen) atoms. The number of nitrogens with zero attached hydrogens (tertiary/aromatic N) is 3. The summed E-state index contributed by atoms with van der Waals surface area (Å²) >= 11 is 0. The van der Waals surface area contributed by atoms with Crippen LogP contribution < -0.4 is 11.1 Å². The first-order valence-electron chi connectivity index (χ1n) is 9.85. The summed E-state index contributed by atoms with van der Waals surface area (Å²) in [7, 11) is 0. The molecular weight excluding hydrogens is 366 g/mol. The third-order valence-electron chi connectivity index (χ3n) is 5.32. The van der Waals surface area contributed by atoms with E-state index in [1.165, 1.54) is 31.4 Å². The topological polar surface area (TPSA) is 107 Å². The van der Waals surface area contributed by atoms with E-state index >= 15 is 0 Å². The Labute approximate surface area is 169 Å². The SMILES string of the molecule is Nc1ccc(-c2cc(NC3CCCCC3)nnc2-c2ccc([N+](=O)[O-])cc2)cc1. The minimum absolute atomic E-state index is 0.0475. The number of nitrogens with two attached hydrogens (primary N) is 1. The Hall–Kier alpha value is -3.48. The highest BCUT2D eigenvalue weighted by Crippen LogP contribution is 2.33.